The summed E-state index contributed by atoms with van der Waals surface area (Å²) in [6.45, 7) is 0. The van der Waals surface area contributed by atoms with Crippen molar-refractivity contribution in [1.29, 1.82) is 0 Å². The van der Waals surface area contributed by atoms with Crippen LogP contribution in [0.1, 0.15) is 11.5 Å². The van der Waals surface area contributed by atoms with E-state index in [0.717, 1.165) is 16.7 Å². The fourth-order valence-corrected chi connectivity index (χ4v) is 1.97. The van der Waals surface area contributed by atoms with E-state index in [2.05, 4.69) is 20.9 Å². The maximum absolute atomic E-state index is 12.7. The van der Waals surface area contributed by atoms with Gasteiger partial charge < -0.3 is 4.40 Å². The zero-order valence-electron chi connectivity index (χ0n) is 8.98. The Morgan fingerprint density at radius 1 is 1.11 bits per heavy atom. The van der Waals surface area contributed by atoms with Gasteiger partial charge in [-0.25, -0.2) is 4.98 Å². The second kappa shape index (κ2) is 4.39. The number of pyridine rings is 1. The number of halogens is 7. The van der Waals surface area contributed by atoms with Crippen LogP contribution in [0.3, 0.4) is 0 Å². The predicted molar refractivity (Wildman–Crippen MR) is 57.7 cm³/mol. The minimum Gasteiger partial charge on any atom is -0.302 e. The third kappa shape index (κ3) is 3.02. The Morgan fingerprint density at radius 2 is 1.74 bits per heavy atom. The van der Waals surface area contributed by atoms with Gasteiger partial charge in [-0.3, -0.25) is 0 Å². The van der Waals surface area contributed by atoms with Crippen LogP contribution in [0.2, 0.25) is 0 Å². The first kappa shape index (κ1) is 14.2. The van der Waals surface area contributed by atoms with Gasteiger partial charge in [0.05, 0.1) is 5.52 Å². The molecule has 0 saturated carbocycles. The van der Waals surface area contributed by atoms with Gasteiger partial charge in [0, 0.05) is 10.7 Å². The molecule has 2 nitrogen and oxygen atoms in total. The van der Waals surface area contributed by atoms with E-state index in [4.69, 9.17) is 0 Å². The van der Waals surface area contributed by atoms with Gasteiger partial charge in [-0.05, 0) is 28.1 Å². The van der Waals surface area contributed by atoms with Crippen LogP contribution >= 0.6 is 15.9 Å². The van der Waals surface area contributed by atoms with Crippen molar-refractivity contribution >= 4 is 21.4 Å². The molecule has 0 unspecified atom stereocenters. The highest BCUT2D eigenvalue weighted by molar-refractivity contribution is 9.10. The largest absolute Gasteiger partial charge is 0.435 e. The lowest BCUT2D eigenvalue weighted by Gasteiger charge is -2.05. The summed E-state index contributed by atoms with van der Waals surface area (Å²) in [6, 6.07) is 2.38. The standard InChI is InChI=1S/C10H5BrF6N2/c11-5-1-2-6-8(10(15,16)17)18-7(19(6)4-5)3-9(12,13)14/h1-2,4H,3H2. The number of fused-ring (bicyclic) bond motifs is 1. The van der Waals surface area contributed by atoms with Crippen molar-refractivity contribution in [2.75, 3.05) is 0 Å². The summed E-state index contributed by atoms with van der Waals surface area (Å²) < 4.78 is 76.2. The van der Waals surface area contributed by atoms with Crippen LogP contribution in [0, 0.1) is 0 Å². The minimum absolute atomic E-state index is 0.356. The lowest BCUT2D eigenvalue weighted by Crippen LogP contribution is -2.14. The van der Waals surface area contributed by atoms with Crippen molar-refractivity contribution in [3.8, 4) is 0 Å². The van der Waals surface area contributed by atoms with Crippen molar-refractivity contribution in [2.45, 2.75) is 18.8 Å². The normalized spacial score (nSPS) is 13.2. The second-order valence-corrected chi connectivity index (χ2v) is 4.68. The first-order valence-electron chi connectivity index (χ1n) is 4.88. The molecular formula is C10H5BrF6N2. The Hall–Kier alpha value is -1.25. The third-order valence-corrected chi connectivity index (χ3v) is 2.77. The molecule has 0 saturated heterocycles. The van der Waals surface area contributed by atoms with E-state index >= 15 is 0 Å². The number of hydrogen-bond acceptors (Lipinski definition) is 1. The average molecular weight is 347 g/mol. The number of alkyl halides is 6. The van der Waals surface area contributed by atoms with Crippen LogP contribution in [-0.4, -0.2) is 15.6 Å². The molecule has 2 rings (SSSR count). The van der Waals surface area contributed by atoms with Crippen LogP contribution in [-0.2, 0) is 12.6 Å². The van der Waals surface area contributed by atoms with Crippen LogP contribution < -0.4 is 0 Å². The summed E-state index contributed by atoms with van der Waals surface area (Å²) in [5.41, 5.74) is -1.73. The van der Waals surface area contributed by atoms with Gasteiger partial charge in [-0.1, -0.05) is 0 Å². The smallest absolute Gasteiger partial charge is 0.302 e. The SMILES string of the molecule is FC(F)(F)Cc1nc(C(F)(F)F)c2ccc(Br)cn12. The molecule has 9 heteroatoms. The Bertz CT molecular complexity index is 613. The molecule has 0 N–H and O–H groups in total. The fraction of sp³-hybridized carbons (Fsp3) is 0.300. The van der Waals surface area contributed by atoms with Crippen LogP contribution in [0.5, 0.6) is 0 Å². The molecular weight excluding hydrogens is 342 g/mol. The molecule has 104 valence electrons. The van der Waals surface area contributed by atoms with Gasteiger partial charge in [0.1, 0.15) is 12.2 Å². The maximum atomic E-state index is 12.7. The van der Waals surface area contributed by atoms with Gasteiger partial charge in [0.15, 0.2) is 5.69 Å². The summed E-state index contributed by atoms with van der Waals surface area (Å²) in [5, 5.41) is 0. The van der Waals surface area contributed by atoms with E-state index < -0.39 is 35.8 Å². The highest BCUT2D eigenvalue weighted by Gasteiger charge is 2.39. The second-order valence-electron chi connectivity index (χ2n) is 3.77. The van der Waals surface area contributed by atoms with Crippen molar-refractivity contribution in [3.63, 3.8) is 0 Å². The lowest BCUT2D eigenvalue weighted by atomic mass is 10.3. The van der Waals surface area contributed by atoms with E-state index in [9.17, 15) is 26.3 Å². The molecule has 2 aromatic heterocycles. The zero-order valence-corrected chi connectivity index (χ0v) is 10.6. The monoisotopic (exact) mass is 346 g/mol. The predicted octanol–water partition coefficient (Wildman–Crippen LogP) is 4.22. The number of hydrogen-bond donors (Lipinski definition) is 0. The Labute approximate surface area is 111 Å². The van der Waals surface area contributed by atoms with Crippen LogP contribution in [0.4, 0.5) is 26.3 Å². The molecule has 0 radical (unpaired) electrons. The molecule has 0 bridgehead atoms. The highest BCUT2D eigenvalue weighted by Crippen LogP contribution is 2.34. The van der Waals surface area contributed by atoms with Crippen molar-refractivity contribution < 1.29 is 26.3 Å². The van der Waals surface area contributed by atoms with Crippen molar-refractivity contribution in [3.05, 3.63) is 34.3 Å². The summed E-state index contributed by atoms with van der Waals surface area (Å²) in [4.78, 5) is 3.08. The third-order valence-electron chi connectivity index (χ3n) is 2.30. The van der Waals surface area contributed by atoms with E-state index in [1.54, 1.807) is 0 Å². The van der Waals surface area contributed by atoms with Gasteiger partial charge in [0.25, 0.3) is 0 Å². The fourth-order valence-electron chi connectivity index (χ4n) is 1.63. The Kier molecular flexibility index (Phi) is 3.28. The Morgan fingerprint density at radius 3 is 2.26 bits per heavy atom. The van der Waals surface area contributed by atoms with Gasteiger partial charge in [0.2, 0.25) is 0 Å². The molecule has 19 heavy (non-hydrogen) atoms. The number of aromatic nitrogens is 2. The van der Waals surface area contributed by atoms with Crippen LogP contribution in [0.15, 0.2) is 22.8 Å². The minimum atomic E-state index is -4.80. The first-order chi connectivity index (χ1) is 8.58. The molecule has 0 fully saturated rings. The molecule has 0 atom stereocenters. The molecule has 0 aliphatic heterocycles. The van der Waals surface area contributed by atoms with E-state index in [1.165, 1.54) is 6.07 Å². The molecule has 0 spiro atoms. The van der Waals surface area contributed by atoms with Gasteiger partial charge >= 0.3 is 12.4 Å². The molecule has 0 amide bonds. The topological polar surface area (TPSA) is 17.3 Å². The summed E-state index contributed by atoms with van der Waals surface area (Å²) >= 11 is 2.99. The average Bonchev–Trinajstić information content (AvgIpc) is 2.54. The first-order valence-corrected chi connectivity index (χ1v) is 5.67. The molecule has 0 aliphatic rings. The van der Waals surface area contributed by atoms with E-state index in [1.807, 2.05) is 0 Å². The molecule has 0 aliphatic carbocycles. The van der Waals surface area contributed by atoms with Crippen molar-refractivity contribution in [2.24, 2.45) is 0 Å². The highest BCUT2D eigenvalue weighted by atomic mass is 79.9. The molecule has 2 heterocycles. The van der Waals surface area contributed by atoms with E-state index in [0.29, 0.717) is 4.47 Å². The summed E-state index contributed by atoms with van der Waals surface area (Å²) in [5.74, 6) is -0.698. The molecule has 2 aromatic rings. The number of nitrogens with zero attached hydrogens (tertiary/aromatic N) is 2. The van der Waals surface area contributed by atoms with E-state index in [-0.39, 0.29) is 0 Å². The van der Waals surface area contributed by atoms with Crippen molar-refractivity contribution in [1.82, 2.24) is 9.38 Å². The number of imidazole rings is 1. The summed E-state index contributed by atoms with van der Waals surface area (Å²) in [6.07, 6.45) is -9.84. The lowest BCUT2D eigenvalue weighted by molar-refractivity contribution is -0.141. The number of rotatable bonds is 1. The quantitative estimate of drug-likeness (QED) is 0.706. The van der Waals surface area contributed by atoms with Gasteiger partial charge in [-0.2, -0.15) is 26.3 Å². The Balaban J connectivity index is 2.67. The summed E-state index contributed by atoms with van der Waals surface area (Å²) in [7, 11) is 0. The van der Waals surface area contributed by atoms with Crippen LogP contribution in [0.25, 0.3) is 5.52 Å². The molecule has 0 aromatic carbocycles. The zero-order chi connectivity index (χ0) is 14.4. The maximum Gasteiger partial charge on any atom is 0.435 e. The van der Waals surface area contributed by atoms with Gasteiger partial charge in [-0.15, -0.1) is 0 Å².